The van der Waals surface area contributed by atoms with Gasteiger partial charge in [-0.25, -0.2) is 18.7 Å². The Balaban J connectivity index is 1.52. The molecule has 0 aliphatic carbocycles. The minimum atomic E-state index is -1.39. The second kappa shape index (κ2) is 10.9. The van der Waals surface area contributed by atoms with Crippen LogP contribution in [0.25, 0.3) is 11.0 Å². The van der Waals surface area contributed by atoms with Gasteiger partial charge in [0, 0.05) is 50.4 Å². The number of nitrogens with one attached hydrogen (secondary N) is 1. The number of fused-ring (bicyclic) bond motifs is 1. The number of hydrogen-bond acceptors (Lipinski definition) is 8. The molecule has 2 aliphatic rings. The van der Waals surface area contributed by atoms with Gasteiger partial charge in [-0.2, -0.15) is 4.98 Å². The van der Waals surface area contributed by atoms with Crippen molar-refractivity contribution in [2.45, 2.75) is 46.0 Å². The molecule has 2 aromatic heterocycles. The van der Waals surface area contributed by atoms with E-state index in [9.17, 15) is 4.39 Å². The van der Waals surface area contributed by atoms with E-state index in [0.29, 0.717) is 28.7 Å². The number of piperazine rings is 1. The Bertz CT molecular complexity index is 1290. The van der Waals surface area contributed by atoms with Crippen LogP contribution in [-0.4, -0.2) is 83.7 Å². The number of aromatic nitrogens is 3. The summed E-state index contributed by atoms with van der Waals surface area (Å²) in [6.07, 6.45) is -1.30. The van der Waals surface area contributed by atoms with Crippen molar-refractivity contribution in [1.29, 1.82) is 0 Å². The molecule has 1 aromatic carbocycles. The molecule has 2 atom stereocenters. The lowest BCUT2D eigenvalue weighted by atomic mass is 10.0. The number of likely N-dealkylation sites (tertiary alicyclic amines) is 1. The number of rotatable bonds is 8. The second-order valence-electron chi connectivity index (χ2n) is 10.4. The van der Waals surface area contributed by atoms with Gasteiger partial charge in [0.15, 0.2) is 5.65 Å². The minimum absolute atomic E-state index is 0.0541. The van der Waals surface area contributed by atoms with Crippen LogP contribution in [0.3, 0.4) is 0 Å². The van der Waals surface area contributed by atoms with Gasteiger partial charge in [-0.1, -0.05) is 25.1 Å². The molecule has 2 fully saturated rings. The molecule has 2 saturated heterocycles. The highest BCUT2D eigenvalue weighted by Gasteiger charge is 2.29. The molecule has 4 heterocycles. The van der Waals surface area contributed by atoms with Gasteiger partial charge < -0.3 is 19.9 Å². The van der Waals surface area contributed by atoms with E-state index in [2.05, 4.69) is 44.0 Å². The van der Waals surface area contributed by atoms with E-state index in [1.807, 2.05) is 19.9 Å². The standard InChI is InChI=1S/C28H37F2N7O/c1-6-36-10-12-37(13-11-36)24-14-23-26(31-18(3)22-9-7-8-21(17(2)29)25(22)30)32-19(4)33-27(23)34-28(24)38-20-15-35(5)16-20/h7-9,14,17-18,20H,6,10-13,15-16H2,1-5H3,(H,31,32,33,34)/t17?,18-/m1/s1. The van der Waals surface area contributed by atoms with Gasteiger partial charge in [0.2, 0.25) is 5.88 Å². The number of anilines is 2. The number of hydrogen-bond donors (Lipinski definition) is 1. The summed E-state index contributed by atoms with van der Waals surface area (Å²) in [6, 6.07) is 6.43. The average Bonchev–Trinajstić information content (AvgIpc) is 2.87. The van der Waals surface area contributed by atoms with Crippen LogP contribution in [0.4, 0.5) is 20.3 Å². The molecule has 8 nitrogen and oxygen atoms in total. The topological polar surface area (TPSA) is 69.6 Å². The zero-order valence-electron chi connectivity index (χ0n) is 22.8. The predicted molar refractivity (Wildman–Crippen MR) is 146 cm³/mol. The van der Waals surface area contributed by atoms with Crippen LogP contribution < -0.4 is 15.0 Å². The molecule has 0 radical (unpaired) electrons. The van der Waals surface area contributed by atoms with E-state index < -0.39 is 18.0 Å². The summed E-state index contributed by atoms with van der Waals surface area (Å²) >= 11 is 0. The minimum Gasteiger partial charge on any atom is -0.470 e. The molecule has 0 spiro atoms. The van der Waals surface area contributed by atoms with Crippen molar-refractivity contribution in [2.75, 3.05) is 63.1 Å². The van der Waals surface area contributed by atoms with E-state index in [1.54, 1.807) is 12.1 Å². The normalized spacial score (nSPS) is 18.9. The first-order valence-electron chi connectivity index (χ1n) is 13.4. The number of halogens is 2. The lowest BCUT2D eigenvalue weighted by molar-refractivity contribution is 0.0360. The van der Waals surface area contributed by atoms with E-state index in [0.717, 1.165) is 56.9 Å². The van der Waals surface area contributed by atoms with Crippen LogP contribution in [0.5, 0.6) is 5.88 Å². The Morgan fingerprint density at radius 2 is 1.79 bits per heavy atom. The Kier molecular flexibility index (Phi) is 7.63. The molecule has 5 rings (SSSR count). The van der Waals surface area contributed by atoms with E-state index >= 15 is 4.39 Å². The van der Waals surface area contributed by atoms with Crippen molar-refractivity contribution in [3.8, 4) is 5.88 Å². The van der Waals surface area contributed by atoms with Crippen LogP contribution in [0, 0.1) is 12.7 Å². The summed E-state index contributed by atoms with van der Waals surface area (Å²) in [7, 11) is 2.07. The summed E-state index contributed by atoms with van der Waals surface area (Å²) < 4.78 is 35.5. The SMILES string of the molecule is CCN1CCN(c2cc3c(N[C@H](C)c4cccc(C(C)F)c4F)nc(C)nc3nc2OC2CN(C)C2)CC1. The van der Waals surface area contributed by atoms with Gasteiger partial charge in [0.1, 0.15) is 35.4 Å². The van der Waals surface area contributed by atoms with Crippen molar-refractivity contribution in [3.63, 3.8) is 0 Å². The van der Waals surface area contributed by atoms with Crippen molar-refractivity contribution >= 4 is 22.5 Å². The van der Waals surface area contributed by atoms with E-state index in [-0.39, 0.29) is 11.7 Å². The maximum Gasteiger partial charge on any atom is 0.240 e. The number of aryl methyl sites for hydroxylation is 1. The van der Waals surface area contributed by atoms with Crippen molar-refractivity contribution in [3.05, 3.63) is 47.0 Å². The quantitative estimate of drug-likeness (QED) is 0.461. The van der Waals surface area contributed by atoms with E-state index in [1.165, 1.54) is 13.0 Å². The first-order chi connectivity index (χ1) is 18.2. The Morgan fingerprint density at radius 1 is 1.08 bits per heavy atom. The fourth-order valence-electron chi connectivity index (χ4n) is 5.23. The third kappa shape index (κ3) is 5.37. The molecule has 10 heteroatoms. The fraction of sp³-hybridized carbons (Fsp3) is 0.536. The largest absolute Gasteiger partial charge is 0.470 e. The van der Waals surface area contributed by atoms with E-state index in [4.69, 9.17) is 9.72 Å². The molecule has 3 aromatic rings. The van der Waals surface area contributed by atoms with Crippen LogP contribution in [0.2, 0.25) is 0 Å². The number of pyridine rings is 1. The molecule has 0 bridgehead atoms. The smallest absolute Gasteiger partial charge is 0.240 e. The average molecular weight is 526 g/mol. The summed E-state index contributed by atoms with van der Waals surface area (Å²) in [5, 5.41) is 4.10. The molecular formula is C28H37F2N7O. The van der Waals surface area contributed by atoms with Crippen LogP contribution in [0.15, 0.2) is 24.3 Å². The van der Waals surface area contributed by atoms with Crippen LogP contribution >= 0.6 is 0 Å². The Hall–Kier alpha value is -3.11. The monoisotopic (exact) mass is 525 g/mol. The Morgan fingerprint density at radius 3 is 2.45 bits per heavy atom. The zero-order valence-corrected chi connectivity index (χ0v) is 22.8. The van der Waals surface area contributed by atoms with Gasteiger partial charge >= 0.3 is 0 Å². The van der Waals surface area contributed by atoms with Gasteiger partial charge in [0.05, 0.1) is 11.4 Å². The van der Waals surface area contributed by atoms with Crippen molar-refractivity contribution in [2.24, 2.45) is 0 Å². The number of nitrogens with zero attached hydrogens (tertiary/aromatic N) is 6. The molecular weight excluding hydrogens is 488 g/mol. The Labute approximate surface area is 223 Å². The predicted octanol–water partition coefficient (Wildman–Crippen LogP) is 4.51. The maximum absolute atomic E-state index is 15.1. The summed E-state index contributed by atoms with van der Waals surface area (Å²) in [6.45, 7) is 13.6. The third-order valence-electron chi connectivity index (χ3n) is 7.52. The van der Waals surface area contributed by atoms with Gasteiger partial charge in [-0.05, 0) is 40.4 Å². The summed E-state index contributed by atoms with van der Waals surface area (Å²) in [5.74, 6) is 1.17. The van der Waals surface area contributed by atoms with Crippen molar-refractivity contribution in [1.82, 2.24) is 24.8 Å². The highest BCUT2D eigenvalue weighted by atomic mass is 19.1. The lowest BCUT2D eigenvalue weighted by Crippen LogP contribution is -2.51. The van der Waals surface area contributed by atoms with Gasteiger partial charge in [0.25, 0.3) is 0 Å². The summed E-state index contributed by atoms with van der Waals surface area (Å²) in [5.41, 5.74) is 1.88. The molecule has 0 amide bonds. The third-order valence-corrected chi connectivity index (χ3v) is 7.52. The van der Waals surface area contributed by atoms with Gasteiger partial charge in [-0.15, -0.1) is 0 Å². The maximum atomic E-state index is 15.1. The lowest BCUT2D eigenvalue weighted by Gasteiger charge is -2.38. The number of benzene rings is 1. The molecule has 2 aliphatic heterocycles. The van der Waals surface area contributed by atoms with Crippen LogP contribution in [-0.2, 0) is 0 Å². The number of ether oxygens (including phenoxy) is 1. The highest BCUT2D eigenvalue weighted by Crippen LogP contribution is 2.36. The first kappa shape index (κ1) is 26.5. The zero-order chi connectivity index (χ0) is 27.0. The van der Waals surface area contributed by atoms with Gasteiger partial charge in [-0.3, -0.25) is 4.90 Å². The molecule has 38 heavy (non-hydrogen) atoms. The van der Waals surface area contributed by atoms with Crippen molar-refractivity contribution < 1.29 is 13.5 Å². The first-order valence-corrected chi connectivity index (χ1v) is 13.4. The fourth-order valence-corrected chi connectivity index (χ4v) is 5.23. The van der Waals surface area contributed by atoms with Crippen LogP contribution in [0.1, 0.15) is 49.9 Å². The molecule has 0 saturated carbocycles. The second-order valence-corrected chi connectivity index (χ2v) is 10.4. The molecule has 1 N–H and O–H groups in total. The molecule has 204 valence electrons. The number of alkyl halides is 1. The molecule has 1 unspecified atom stereocenters. The summed E-state index contributed by atoms with van der Waals surface area (Å²) in [4.78, 5) is 21.1. The highest BCUT2D eigenvalue weighted by molar-refractivity contribution is 5.90. The number of likely N-dealkylation sites (N-methyl/N-ethyl adjacent to an activating group) is 2.